The number of phenols is 1. The third-order valence-corrected chi connectivity index (χ3v) is 4.24. The van der Waals surface area contributed by atoms with Crippen molar-refractivity contribution in [1.82, 2.24) is 0 Å². The minimum absolute atomic E-state index is 0.132. The zero-order chi connectivity index (χ0) is 19.0. The molecule has 2 aromatic rings. The fourth-order valence-electron chi connectivity index (χ4n) is 3.06. The molecule has 26 heavy (non-hydrogen) atoms. The van der Waals surface area contributed by atoms with E-state index in [-0.39, 0.29) is 28.6 Å². The van der Waals surface area contributed by atoms with Crippen LogP contribution in [0.5, 0.6) is 23.0 Å². The number of aryl methyl sites for hydroxylation is 1. The maximum absolute atomic E-state index is 12.4. The number of aromatic hydroxyl groups is 1. The Morgan fingerprint density at radius 3 is 2.27 bits per heavy atom. The molecule has 0 bridgehead atoms. The number of esters is 1. The molecule has 8 nitrogen and oxygen atoms in total. The lowest BCUT2D eigenvalue weighted by molar-refractivity contribution is -0.148. The second kappa shape index (κ2) is 6.62. The number of benzene rings is 1. The Hall–Kier alpha value is -3.16. The Balaban J connectivity index is 2.24. The fourth-order valence-corrected chi connectivity index (χ4v) is 3.06. The number of carbonyl (C=O) groups is 1. The molecular weight excluding hydrogens is 344 g/mol. The number of hydrogen-bond acceptors (Lipinski definition) is 8. The van der Waals surface area contributed by atoms with E-state index in [0.29, 0.717) is 11.3 Å². The van der Waals surface area contributed by atoms with E-state index in [1.165, 1.54) is 33.5 Å². The van der Waals surface area contributed by atoms with E-state index in [4.69, 9.17) is 23.4 Å². The molecule has 0 fully saturated rings. The molecule has 138 valence electrons. The molecule has 0 aliphatic carbocycles. The molecule has 0 amide bonds. The lowest BCUT2D eigenvalue weighted by atomic mass is 9.88. The highest BCUT2D eigenvalue weighted by atomic mass is 16.6. The van der Waals surface area contributed by atoms with Crippen LogP contribution in [0, 0.1) is 6.92 Å². The van der Waals surface area contributed by atoms with Crippen molar-refractivity contribution in [3.63, 3.8) is 0 Å². The first-order valence-corrected chi connectivity index (χ1v) is 7.75. The molecule has 0 saturated heterocycles. The number of ether oxygens (including phenoxy) is 4. The van der Waals surface area contributed by atoms with Crippen LogP contribution < -0.4 is 19.8 Å². The van der Waals surface area contributed by atoms with Gasteiger partial charge in [0.15, 0.2) is 11.5 Å². The quantitative estimate of drug-likeness (QED) is 0.820. The van der Waals surface area contributed by atoms with Gasteiger partial charge in [-0.2, -0.15) is 0 Å². The number of phenolic OH excluding ortho intramolecular Hbond substituents is 1. The van der Waals surface area contributed by atoms with Gasteiger partial charge in [-0.3, -0.25) is 0 Å². The highest BCUT2D eigenvalue weighted by molar-refractivity contribution is 5.79. The zero-order valence-electron chi connectivity index (χ0n) is 14.7. The Morgan fingerprint density at radius 1 is 1.12 bits per heavy atom. The average molecular weight is 362 g/mol. The standard InChI is InChI=1S/C18H18O8/c1-8-5-10-14(17(20)25-8)13(16(26-10)18(21)24-4)9-6-11(22-2)15(19)12(7-9)23-3/h5-7,13,16,19H,1-4H3. The van der Waals surface area contributed by atoms with Crippen molar-refractivity contribution >= 4 is 5.97 Å². The maximum atomic E-state index is 12.4. The van der Waals surface area contributed by atoms with Crippen LogP contribution >= 0.6 is 0 Å². The molecule has 1 aliphatic rings. The van der Waals surface area contributed by atoms with Gasteiger partial charge in [-0.25, -0.2) is 9.59 Å². The number of carbonyl (C=O) groups excluding carboxylic acids is 1. The lowest BCUT2D eigenvalue weighted by Gasteiger charge is -2.19. The van der Waals surface area contributed by atoms with Gasteiger partial charge in [-0.15, -0.1) is 0 Å². The topological polar surface area (TPSA) is 104 Å². The van der Waals surface area contributed by atoms with Gasteiger partial charge in [0.05, 0.1) is 32.8 Å². The Morgan fingerprint density at radius 2 is 1.73 bits per heavy atom. The van der Waals surface area contributed by atoms with Crippen molar-refractivity contribution in [2.75, 3.05) is 21.3 Å². The first kappa shape index (κ1) is 17.7. The lowest BCUT2D eigenvalue weighted by Crippen LogP contribution is -2.31. The van der Waals surface area contributed by atoms with E-state index in [9.17, 15) is 14.7 Å². The van der Waals surface area contributed by atoms with Gasteiger partial charge in [-0.1, -0.05) is 0 Å². The van der Waals surface area contributed by atoms with E-state index < -0.39 is 23.6 Å². The normalized spacial score (nSPS) is 18.0. The van der Waals surface area contributed by atoms with Gasteiger partial charge >= 0.3 is 11.6 Å². The molecule has 0 spiro atoms. The molecule has 2 heterocycles. The molecule has 1 aromatic carbocycles. The van der Waals surface area contributed by atoms with Crippen LogP contribution in [0.4, 0.5) is 0 Å². The van der Waals surface area contributed by atoms with Crippen molar-refractivity contribution in [1.29, 1.82) is 0 Å². The zero-order valence-corrected chi connectivity index (χ0v) is 14.7. The van der Waals surface area contributed by atoms with Gasteiger partial charge in [0.1, 0.15) is 11.5 Å². The highest BCUT2D eigenvalue weighted by Gasteiger charge is 2.44. The number of fused-ring (bicyclic) bond motifs is 1. The van der Waals surface area contributed by atoms with Gasteiger partial charge in [0.25, 0.3) is 0 Å². The monoisotopic (exact) mass is 362 g/mol. The minimum atomic E-state index is -1.08. The van der Waals surface area contributed by atoms with Crippen molar-refractivity contribution in [2.45, 2.75) is 18.9 Å². The van der Waals surface area contributed by atoms with E-state index in [1.807, 2.05) is 0 Å². The molecule has 8 heteroatoms. The Labute approximate surface area is 148 Å². The van der Waals surface area contributed by atoms with Gasteiger partial charge in [-0.05, 0) is 24.6 Å². The summed E-state index contributed by atoms with van der Waals surface area (Å²) in [5.41, 5.74) is 0.0602. The van der Waals surface area contributed by atoms with Crippen molar-refractivity contribution in [3.8, 4) is 23.0 Å². The number of methoxy groups -OCH3 is 3. The molecule has 1 aromatic heterocycles. The average Bonchev–Trinajstić information content (AvgIpc) is 3.00. The largest absolute Gasteiger partial charge is 0.502 e. The summed E-state index contributed by atoms with van der Waals surface area (Å²) >= 11 is 0. The SMILES string of the molecule is COC(=O)C1Oc2cc(C)oc(=O)c2C1c1cc(OC)c(O)c(OC)c1. The summed E-state index contributed by atoms with van der Waals surface area (Å²) in [6, 6.07) is 4.56. The predicted molar refractivity (Wildman–Crippen MR) is 89.2 cm³/mol. The first-order valence-electron chi connectivity index (χ1n) is 7.75. The van der Waals surface area contributed by atoms with Crippen LogP contribution in [0.15, 0.2) is 27.4 Å². The molecule has 2 unspecified atom stereocenters. The van der Waals surface area contributed by atoms with Crippen LogP contribution in [0.2, 0.25) is 0 Å². The summed E-state index contributed by atoms with van der Waals surface area (Å²) in [5.74, 6) is -0.764. The smallest absolute Gasteiger partial charge is 0.348 e. The Bertz CT molecular complexity index is 889. The molecular formula is C18H18O8. The summed E-state index contributed by atoms with van der Waals surface area (Å²) in [6.45, 7) is 1.61. The molecule has 2 atom stereocenters. The van der Waals surface area contributed by atoms with E-state index >= 15 is 0 Å². The maximum Gasteiger partial charge on any atom is 0.348 e. The molecule has 1 aliphatic heterocycles. The third-order valence-electron chi connectivity index (χ3n) is 4.24. The molecule has 3 rings (SSSR count). The third kappa shape index (κ3) is 2.73. The summed E-state index contributed by atoms with van der Waals surface area (Å²) in [7, 11) is 4.00. The molecule has 0 radical (unpaired) electrons. The van der Waals surface area contributed by atoms with Gasteiger partial charge in [0, 0.05) is 6.07 Å². The number of rotatable bonds is 4. The van der Waals surface area contributed by atoms with Crippen LogP contribution in [0.1, 0.15) is 22.8 Å². The highest BCUT2D eigenvalue weighted by Crippen LogP contribution is 2.46. The van der Waals surface area contributed by atoms with Crippen molar-refractivity contribution in [3.05, 3.63) is 45.5 Å². The molecule has 0 saturated carbocycles. The van der Waals surface area contributed by atoms with Crippen LogP contribution in [-0.4, -0.2) is 38.5 Å². The second-order valence-corrected chi connectivity index (χ2v) is 5.74. The van der Waals surface area contributed by atoms with E-state index in [2.05, 4.69) is 0 Å². The first-order chi connectivity index (χ1) is 12.4. The van der Waals surface area contributed by atoms with Crippen LogP contribution in [0.3, 0.4) is 0 Å². The summed E-state index contributed by atoms with van der Waals surface area (Å²) in [5, 5.41) is 10.1. The predicted octanol–water partition coefficient (Wildman–Crippen LogP) is 1.74. The van der Waals surface area contributed by atoms with E-state index in [0.717, 1.165) is 0 Å². The summed E-state index contributed by atoms with van der Waals surface area (Å²) in [4.78, 5) is 24.7. The van der Waals surface area contributed by atoms with Crippen molar-refractivity contribution < 1.29 is 33.3 Å². The van der Waals surface area contributed by atoms with Gasteiger partial charge in [0.2, 0.25) is 11.9 Å². The fraction of sp³-hybridized carbons (Fsp3) is 0.333. The minimum Gasteiger partial charge on any atom is -0.502 e. The summed E-state index contributed by atoms with van der Waals surface area (Å²) in [6.07, 6.45) is -1.08. The van der Waals surface area contributed by atoms with Crippen LogP contribution in [0.25, 0.3) is 0 Å². The van der Waals surface area contributed by atoms with Crippen LogP contribution in [-0.2, 0) is 9.53 Å². The Kier molecular flexibility index (Phi) is 4.50. The van der Waals surface area contributed by atoms with Gasteiger partial charge < -0.3 is 28.5 Å². The second-order valence-electron chi connectivity index (χ2n) is 5.74. The van der Waals surface area contributed by atoms with Crippen molar-refractivity contribution in [2.24, 2.45) is 0 Å². The van der Waals surface area contributed by atoms with E-state index in [1.54, 1.807) is 13.0 Å². The summed E-state index contributed by atoms with van der Waals surface area (Å²) < 4.78 is 26.0. The number of hydrogen-bond donors (Lipinski definition) is 1. The molecule has 1 N–H and O–H groups in total.